The monoisotopic (exact) mass is 667 g/mol. The van der Waals surface area contributed by atoms with Gasteiger partial charge in [-0.15, -0.1) is 11.3 Å². The molecule has 0 atom stereocenters. The van der Waals surface area contributed by atoms with Crippen molar-refractivity contribution in [2.24, 2.45) is 0 Å². The van der Waals surface area contributed by atoms with E-state index in [-0.39, 0.29) is 0 Å². The third kappa shape index (κ3) is 5.16. The molecule has 0 N–H and O–H groups in total. The second-order valence-electron chi connectivity index (χ2n) is 12.8. The lowest BCUT2D eigenvalue weighted by Crippen LogP contribution is -2.01. The molecule has 0 amide bonds. The summed E-state index contributed by atoms with van der Waals surface area (Å²) < 4.78 is 2.62. The summed E-state index contributed by atoms with van der Waals surface area (Å²) in [5, 5.41) is 7.14. The molecule has 8 aromatic carbocycles. The molecule has 0 aliphatic carbocycles. The number of hydrogen-bond donors (Lipinski definition) is 0. The lowest BCUT2D eigenvalue weighted by Gasteiger charge is -2.12. The zero-order valence-corrected chi connectivity index (χ0v) is 28.3. The van der Waals surface area contributed by atoms with Gasteiger partial charge in [-0.3, -0.25) is 0 Å². The van der Waals surface area contributed by atoms with Crippen LogP contribution in [0, 0.1) is 0 Å². The van der Waals surface area contributed by atoms with Crippen LogP contribution in [0.5, 0.6) is 0 Å². The van der Waals surface area contributed by atoms with Crippen molar-refractivity contribution in [1.29, 1.82) is 0 Å². The molecule has 0 saturated heterocycles. The van der Waals surface area contributed by atoms with Crippen LogP contribution in [0.3, 0.4) is 0 Å². The van der Waals surface area contributed by atoms with Gasteiger partial charge in [0, 0.05) is 36.9 Å². The van der Waals surface area contributed by atoms with Gasteiger partial charge in [0.2, 0.25) is 0 Å². The van der Waals surface area contributed by atoms with Crippen LogP contribution >= 0.6 is 11.3 Å². The van der Waals surface area contributed by atoms with Gasteiger partial charge in [-0.25, -0.2) is 15.0 Å². The van der Waals surface area contributed by atoms with Crippen LogP contribution in [0.25, 0.3) is 98.1 Å². The Balaban J connectivity index is 1.13. The van der Waals surface area contributed by atoms with Crippen LogP contribution in [-0.4, -0.2) is 15.0 Å². The van der Waals surface area contributed by atoms with Crippen LogP contribution in [-0.2, 0) is 0 Å². The van der Waals surface area contributed by atoms with Gasteiger partial charge in [-0.1, -0.05) is 152 Å². The number of nitrogens with zero attached hydrogens (tertiary/aromatic N) is 3. The van der Waals surface area contributed by atoms with Crippen LogP contribution in [0.4, 0.5) is 0 Å². The Morgan fingerprint density at radius 2 is 0.765 bits per heavy atom. The molecule has 0 aliphatic rings. The quantitative estimate of drug-likeness (QED) is 0.183. The molecule has 10 aromatic rings. The lowest BCUT2D eigenvalue weighted by atomic mass is 9.95. The Hall–Kier alpha value is -6.49. The van der Waals surface area contributed by atoms with E-state index >= 15 is 0 Å². The first-order chi connectivity index (χ1) is 25.3. The van der Waals surface area contributed by atoms with Crippen molar-refractivity contribution in [3.63, 3.8) is 0 Å². The van der Waals surface area contributed by atoms with Crippen molar-refractivity contribution in [2.45, 2.75) is 0 Å². The predicted molar refractivity (Wildman–Crippen MR) is 215 cm³/mol. The summed E-state index contributed by atoms with van der Waals surface area (Å²) in [6.45, 7) is 0. The molecule has 51 heavy (non-hydrogen) atoms. The van der Waals surface area contributed by atoms with Crippen LogP contribution < -0.4 is 0 Å². The molecule has 0 bridgehead atoms. The third-order valence-electron chi connectivity index (χ3n) is 9.73. The van der Waals surface area contributed by atoms with Crippen molar-refractivity contribution in [3.05, 3.63) is 176 Å². The molecule has 238 valence electrons. The van der Waals surface area contributed by atoms with Crippen molar-refractivity contribution in [3.8, 4) is 56.4 Å². The van der Waals surface area contributed by atoms with E-state index in [2.05, 4.69) is 176 Å². The fourth-order valence-corrected chi connectivity index (χ4v) is 8.44. The Bertz CT molecular complexity index is 2830. The maximum Gasteiger partial charge on any atom is 0.164 e. The molecular formula is C47H29N3S. The molecule has 0 radical (unpaired) electrons. The minimum absolute atomic E-state index is 0.642. The second-order valence-corrected chi connectivity index (χ2v) is 13.9. The molecule has 0 saturated carbocycles. The molecule has 10 rings (SSSR count). The van der Waals surface area contributed by atoms with Crippen molar-refractivity contribution < 1.29 is 0 Å². The highest BCUT2D eigenvalue weighted by Crippen LogP contribution is 2.41. The molecule has 0 aliphatic heterocycles. The van der Waals surface area contributed by atoms with E-state index in [1.54, 1.807) is 0 Å². The Morgan fingerprint density at radius 3 is 1.45 bits per heavy atom. The van der Waals surface area contributed by atoms with Crippen LogP contribution in [0.2, 0.25) is 0 Å². The van der Waals surface area contributed by atoms with Crippen molar-refractivity contribution in [1.82, 2.24) is 15.0 Å². The van der Waals surface area contributed by atoms with Gasteiger partial charge in [0.05, 0.1) is 0 Å². The fraction of sp³-hybridized carbons (Fsp3) is 0. The van der Waals surface area contributed by atoms with E-state index in [4.69, 9.17) is 15.0 Å². The number of benzene rings is 8. The second kappa shape index (κ2) is 12.1. The van der Waals surface area contributed by atoms with Gasteiger partial charge >= 0.3 is 0 Å². The lowest BCUT2D eigenvalue weighted by molar-refractivity contribution is 1.08. The van der Waals surface area contributed by atoms with E-state index in [0.717, 1.165) is 49.4 Å². The fourth-order valence-electron chi connectivity index (χ4n) is 7.31. The Labute approximate surface area is 299 Å². The average Bonchev–Trinajstić information content (AvgIpc) is 3.59. The highest BCUT2D eigenvalue weighted by atomic mass is 32.1. The minimum atomic E-state index is 0.642. The highest BCUT2D eigenvalue weighted by molar-refractivity contribution is 7.25. The number of hydrogen-bond acceptors (Lipinski definition) is 4. The first-order valence-electron chi connectivity index (χ1n) is 17.1. The van der Waals surface area contributed by atoms with Crippen molar-refractivity contribution in [2.75, 3.05) is 0 Å². The molecule has 2 aromatic heterocycles. The minimum Gasteiger partial charge on any atom is -0.208 e. The van der Waals surface area contributed by atoms with Gasteiger partial charge in [0.1, 0.15) is 0 Å². The topological polar surface area (TPSA) is 38.7 Å². The van der Waals surface area contributed by atoms with Gasteiger partial charge in [-0.05, 0) is 68.1 Å². The van der Waals surface area contributed by atoms with Gasteiger partial charge in [-0.2, -0.15) is 0 Å². The summed E-state index contributed by atoms with van der Waals surface area (Å²) in [5.41, 5.74) is 7.60. The Morgan fingerprint density at radius 1 is 0.314 bits per heavy atom. The standard InChI is InChI=1S/C47H29N3S/c1-3-20-36-30(12-1)14-9-24-39(36)46-48-45(49-47(50-46)40-25-10-15-31-13-2-4-21-37(31)40)35-19-8-17-33(29-35)32-16-7-18-34(28-32)38-23-11-27-43-44(38)41-22-5-6-26-42(41)51-43/h1-29H. The highest BCUT2D eigenvalue weighted by Gasteiger charge is 2.17. The summed E-state index contributed by atoms with van der Waals surface area (Å²) in [7, 11) is 0. The van der Waals surface area contributed by atoms with Crippen molar-refractivity contribution >= 4 is 53.1 Å². The summed E-state index contributed by atoms with van der Waals surface area (Å²) in [5.74, 6) is 1.95. The van der Waals surface area contributed by atoms with E-state index < -0.39 is 0 Å². The van der Waals surface area contributed by atoms with Crippen LogP contribution in [0.15, 0.2) is 176 Å². The number of aromatic nitrogens is 3. The Kier molecular flexibility index (Phi) is 7.00. The van der Waals surface area contributed by atoms with Crippen LogP contribution in [0.1, 0.15) is 0 Å². The summed E-state index contributed by atoms with van der Waals surface area (Å²) >= 11 is 1.85. The molecule has 0 unspecified atom stereocenters. The first-order valence-corrected chi connectivity index (χ1v) is 17.9. The molecule has 0 fully saturated rings. The van der Waals surface area contributed by atoms with E-state index in [1.807, 2.05) is 11.3 Å². The normalized spacial score (nSPS) is 11.5. The SMILES string of the molecule is c1cc(-c2cccc(-c3cccc4sc5ccccc5c34)c2)cc(-c2nc(-c3cccc4ccccc34)nc(-c3cccc4ccccc34)n2)c1. The van der Waals surface area contributed by atoms with Gasteiger partial charge < -0.3 is 0 Å². The zero-order chi connectivity index (χ0) is 33.7. The predicted octanol–water partition coefficient (Wildman–Crippen LogP) is 12.9. The summed E-state index contributed by atoms with van der Waals surface area (Å²) in [4.78, 5) is 15.5. The average molecular weight is 668 g/mol. The molecule has 4 heteroatoms. The maximum atomic E-state index is 5.17. The number of fused-ring (bicyclic) bond motifs is 5. The zero-order valence-electron chi connectivity index (χ0n) is 27.5. The number of thiophene rings is 1. The van der Waals surface area contributed by atoms with E-state index in [1.165, 1.54) is 31.3 Å². The molecule has 3 nitrogen and oxygen atoms in total. The summed E-state index contributed by atoms with van der Waals surface area (Å²) in [6.07, 6.45) is 0. The van der Waals surface area contributed by atoms with Gasteiger partial charge in [0.15, 0.2) is 17.5 Å². The first kappa shape index (κ1) is 29.4. The molecule has 0 spiro atoms. The largest absolute Gasteiger partial charge is 0.208 e. The molecule has 2 heterocycles. The molecular weight excluding hydrogens is 639 g/mol. The van der Waals surface area contributed by atoms with Gasteiger partial charge in [0.25, 0.3) is 0 Å². The third-order valence-corrected chi connectivity index (χ3v) is 10.9. The smallest absolute Gasteiger partial charge is 0.164 e. The van der Waals surface area contributed by atoms with E-state index in [0.29, 0.717) is 17.5 Å². The summed E-state index contributed by atoms with van der Waals surface area (Å²) in [6, 6.07) is 62.2. The van der Waals surface area contributed by atoms with E-state index in [9.17, 15) is 0 Å². The maximum absolute atomic E-state index is 5.17. The number of rotatable bonds is 5.